The Balaban J connectivity index is 1.54. The van der Waals surface area contributed by atoms with Crippen LogP contribution in [-0.4, -0.2) is 11.0 Å². The molecule has 0 saturated carbocycles. The molecule has 0 aliphatic heterocycles. The van der Waals surface area contributed by atoms with Crippen molar-refractivity contribution in [1.29, 1.82) is 0 Å². The summed E-state index contributed by atoms with van der Waals surface area (Å²) in [5.74, 6) is 0.684. The number of hydrogen-bond acceptors (Lipinski definition) is 4. The molecule has 0 heterocycles. The summed E-state index contributed by atoms with van der Waals surface area (Å²) in [6.07, 6.45) is 0. The van der Waals surface area contributed by atoms with Crippen LogP contribution in [-0.2, 0) is 6.61 Å². The number of hydrogen-bond donors (Lipinski definition) is 2. The van der Waals surface area contributed by atoms with E-state index >= 15 is 0 Å². The van der Waals surface area contributed by atoms with Gasteiger partial charge in [0, 0.05) is 23.5 Å². The zero-order chi connectivity index (χ0) is 19.1. The molecular weight excluding hydrogens is 346 g/mol. The molecular formula is C20H17N3O4. The van der Waals surface area contributed by atoms with Gasteiger partial charge in [-0.3, -0.25) is 10.1 Å². The Morgan fingerprint density at radius 1 is 0.889 bits per heavy atom. The number of anilines is 2. The first-order chi connectivity index (χ1) is 13.1. The molecule has 0 aliphatic carbocycles. The van der Waals surface area contributed by atoms with E-state index in [2.05, 4.69) is 10.6 Å². The van der Waals surface area contributed by atoms with Crippen LogP contribution in [0.2, 0.25) is 0 Å². The van der Waals surface area contributed by atoms with E-state index in [1.54, 1.807) is 30.3 Å². The largest absolute Gasteiger partial charge is 0.489 e. The number of nitro groups is 1. The van der Waals surface area contributed by atoms with Crippen molar-refractivity contribution >= 4 is 23.1 Å². The number of benzene rings is 3. The van der Waals surface area contributed by atoms with Gasteiger partial charge in [-0.2, -0.15) is 0 Å². The minimum absolute atomic E-state index is 0.0901. The van der Waals surface area contributed by atoms with E-state index in [4.69, 9.17) is 4.74 Å². The summed E-state index contributed by atoms with van der Waals surface area (Å²) in [6.45, 7) is 0.459. The Morgan fingerprint density at radius 2 is 1.59 bits per heavy atom. The quantitative estimate of drug-likeness (QED) is 0.485. The zero-order valence-electron chi connectivity index (χ0n) is 14.3. The lowest BCUT2D eigenvalue weighted by Gasteiger charge is -2.09. The fourth-order valence-electron chi connectivity index (χ4n) is 2.37. The van der Waals surface area contributed by atoms with E-state index in [1.165, 1.54) is 18.2 Å². The molecule has 27 heavy (non-hydrogen) atoms. The van der Waals surface area contributed by atoms with Crippen LogP contribution in [0.5, 0.6) is 5.75 Å². The van der Waals surface area contributed by atoms with Crippen LogP contribution in [0.25, 0.3) is 0 Å². The maximum Gasteiger partial charge on any atom is 0.323 e. The van der Waals surface area contributed by atoms with E-state index in [0.29, 0.717) is 23.7 Å². The molecule has 7 nitrogen and oxygen atoms in total. The third kappa shape index (κ3) is 5.30. The standard InChI is InChI=1S/C20H17N3O4/c24-20(22-17-7-4-8-18(13-17)23(25)26)21-16-9-11-19(12-10-16)27-14-15-5-2-1-3-6-15/h1-13H,14H2,(H2,21,22,24). The minimum atomic E-state index is -0.517. The van der Waals surface area contributed by atoms with Gasteiger partial charge in [-0.25, -0.2) is 4.79 Å². The van der Waals surface area contributed by atoms with Crippen LogP contribution in [0.4, 0.5) is 21.9 Å². The monoisotopic (exact) mass is 363 g/mol. The van der Waals surface area contributed by atoms with Crippen molar-refractivity contribution in [2.75, 3.05) is 10.6 Å². The van der Waals surface area contributed by atoms with Gasteiger partial charge in [-0.05, 0) is 35.9 Å². The maximum atomic E-state index is 12.0. The number of ether oxygens (including phenoxy) is 1. The summed E-state index contributed by atoms with van der Waals surface area (Å²) in [4.78, 5) is 22.3. The van der Waals surface area contributed by atoms with E-state index < -0.39 is 11.0 Å². The van der Waals surface area contributed by atoms with Crippen LogP contribution in [0.1, 0.15) is 5.56 Å². The molecule has 0 aromatic heterocycles. The lowest BCUT2D eigenvalue weighted by molar-refractivity contribution is -0.384. The van der Waals surface area contributed by atoms with E-state index in [0.717, 1.165) is 5.56 Å². The third-order valence-corrected chi connectivity index (χ3v) is 3.68. The van der Waals surface area contributed by atoms with Gasteiger partial charge in [0.25, 0.3) is 5.69 Å². The van der Waals surface area contributed by atoms with Crippen molar-refractivity contribution in [3.63, 3.8) is 0 Å². The van der Waals surface area contributed by atoms with Crippen LogP contribution in [0, 0.1) is 10.1 Å². The van der Waals surface area contributed by atoms with E-state index in [9.17, 15) is 14.9 Å². The number of amides is 2. The summed E-state index contributed by atoms with van der Waals surface area (Å²) in [6, 6.07) is 22.0. The number of carbonyl (C=O) groups excluding carboxylic acids is 1. The number of nitro benzene ring substituents is 1. The third-order valence-electron chi connectivity index (χ3n) is 3.68. The summed E-state index contributed by atoms with van der Waals surface area (Å²) in [7, 11) is 0. The molecule has 0 radical (unpaired) electrons. The number of urea groups is 1. The highest BCUT2D eigenvalue weighted by atomic mass is 16.6. The SMILES string of the molecule is O=C(Nc1ccc(OCc2ccccc2)cc1)Nc1cccc([N+](=O)[O-])c1. The van der Waals surface area contributed by atoms with Gasteiger partial charge < -0.3 is 15.4 Å². The Morgan fingerprint density at radius 3 is 2.30 bits per heavy atom. The Kier molecular flexibility index (Phi) is 5.64. The van der Waals surface area contributed by atoms with Crippen LogP contribution in [0.15, 0.2) is 78.9 Å². The lowest BCUT2D eigenvalue weighted by Crippen LogP contribution is -2.19. The van der Waals surface area contributed by atoms with Crippen molar-refractivity contribution in [2.45, 2.75) is 6.61 Å². The molecule has 3 aromatic carbocycles. The highest BCUT2D eigenvalue weighted by Gasteiger charge is 2.08. The molecule has 7 heteroatoms. The zero-order valence-corrected chi connectivity index (χ0v) is 14.3. The molecule has 0 aliphatic rings. The first-order valence-electron chi connectivity index (χ1n) is 8.19. The second-order valence-electron chi connectivity index (χ2n) is 5.69. The Hall–Kier alpha value is -3.87. The van der Waals surface area contributed by atoms with Crippen LogP contribution < -0.4 is 15.4 Å². The van der Waals surface area contributed by atoms with Crippen molar-refractivity contribution < 1.29 is 14.5 Å². The highest BCUT2D eigenvalue weighted by Crippen LogP contribution is 2.19. The second kappa shape index (κ2) is 8.48. The van der Waals surface area contributed by atoms with E-state index in [1.807, 2.05) is 30.3 Å². The molecule has 0 unspecified atom stereocenters. The predicted octanol–water partition coefficient (Wildman–Crippen LogP) is 4.82. The van der Waals surface area contributed by atoms with Gasteiger partial charge in [0.15, 0.2) is 0 Å². The van der Waals surface area contributed by atoms with Crippen molar-refractivity contribution in [1.82, 2.24) is 0 Å². The number of nitrogens with one attached hydrogen (secondary N) is 2. The maximum absolute atomic E-state index is 12.0. The fraction of sp³-hybridized carbons (Fsp3) is 0.0500. The summed E-state index contributed by atoms with van der Waals surface area (Å²) in [5, 5.41) is 16.0. The molecule has 3 rings (SSSR count). The van der Waals surface area contributed by atoms with Gasteiger partial charge in [-0.15, -0.1) is 0 Å². The molecule has 0 spiro atoms. The number of rotatable bonds is 6. The van der Waals surface area contributed by atoms with Gasteiger partial charge in [0.1, 0.15) is 12.4 Å². The van der Waals surface area contributed by atoms with Gasteiger partial charge in [0.2, 0.25) is 0 Å². The number of carbonyl (C=O) groups is 1. The van der Waals surface area contributed by atoms with Crippen molar-refractivity contribution in [3.8, 4) is 5.75 Å². The molecule has 0 bridgehead atoms. The molecule has 0 saturated heterocycles. The van der Waals surface area contributed by atoms with Crippen molar-refractivity contribution in [3.05, 3.63) is 94.5 Å². The van der Waals surface area contributed by atoms with Crippen molar-refractivity contribution in [2.24, 2.45) is 0 Å². The van der Waals surface area contributed by atoms with Gasteiger partial charge in [0.05, 0.1) is 4.92 Å². The van der Waals surface area contributed by atoms with Crippen LogP contribution >= 0.6 is 0 Å². The number of non-ortho nitro benzene ring substituents is 1. The first kappa shape index (κ1) is 17.9. The molecule has 2 amide bonds. The predicted molar refractivity (Wildman–Crippen MR) is 103 cm³/mol. The van der Waals surface area contributed by atoms with Crippen LogP contribution in [0.3, 0.4) is 0 Å². The minimum Gasteiger partial charge on any atom is -0.489 e. The Labute approximate surface area is 155 Å². The molecule has 0 atom stereocenters. The van der Waals surface area contributed by atoms with E-state index in [-0.39, 0.29) is 5.69 Å². The summed E-state index contributed by atoms with van der Waals surface area (Å²) in [5.41, 5.74) is 1.89. The average molecular weight is 363 g/mol. The molecule has 3 aromatic rings. The smallest absolute Gasteiger partial charge is 0.323 e. The average Bonchev–Trinajstić information content (AvgIpc) is 2.68. The Bertz CT molecular complexity index is 927. The first-order valence-corrected chi connectivity index (χ1v) is 8.19. The molecule has 0 fully saturated rings. The second-order valence-corrected chi connectivity index (χ2v) is 5.69. The van der Waals surface area contributed by atoms with Gasteiger partial charge >= 0.3 is 6.03 Å². The normalized spacial score (nSPS) is 10.1. The lowest BCUT2D eigenvalue weighted by atomic mass is 10.2. The molecule has 2 N–H and O–H groups in total. The van der Waals surface area contributed by atoms with Gasteiger partial charge in [-0.1, -0.05) is 36.4 Å². The highest BCUT2D eigenvalue weighted by molar-refractivity contribution is 5.99. The topological polar surface area (TPSA) is 93.5 Å². The molecule has 136 valence electrons. The summed E-state index contributed by atoms with van der Waals surface area (Å²) >= 11 is 0. The fourth-order valence-corrected chi connectivity index (χ4v) is 2.37. The summed E-state index contributed by atoms with van der Waals surface area (Å²) < 4.78 is 5.69. The number of nitrogens with zero attached hydrogens (tertiary/aromatic N) is 1.